The second-order valence-electron chi connectivity index (χ2n) is 8.18. The lowest BCUT2D eigenvalue weighted by atomic mass is 10.1. The Morgan fingerprint density at radius 1 is 1.06 bits per heavy atom. The molecule has 3 heterocycles. The topological polar surface area (TPSA) is 118 Å². The minimum absolute atomic E-state index is 0.161. The van der Waals surface area contributed by atoms with Crippen molar-refractivity contribution in [1.82, 2.24) is 40.3 Å². The zero-order valence-corrected chi connectivity index (χ0v) is 20.2. The van der Waals surface area contributed by atoms with Crippen LogP contribution in [-0.2, 0) is 7.05 Å². The van der Waals surface area contributed by atoms with Crippen LogP contribution in [0.1, 0.15) is 49.7 Å². The van der Waals surface area contributed by atoms with Crippen LogP contribution in [-0.4, -0.2) is 62.1 Å². The summed E-state index contributed by atoms with van der Waals surface area (Å²) in [6, 6.07) is 9.28. The van der Waals surface area contributed by atoms with E-state index < -0.39 is 6.04 Å². The Morgan fingerprint density at radius 3 is 2.56 bits per heavy atom. The van der Waals surface area contributed by atoms with Crippen LogP contribution in [0.3, 0.4) is 0 Å². The summed E-state index contributed by atoms with van der Waals surface area (Å²) >= 11 is 1.25. The molecule has 4 rings (SSSR count). The van der Waals surface area contributed by atoms with E-state index in [-0.39, 0.29) is 23.6 Å². The molecule has 0 aliphatic rings. The molecule has 11 heteroatoms. The smallest absolute Gasteiger partial charge is 0.271 e. The van der Waals surface area contributed by atoms with Gasteiger partial charge in [0.25, 0.3) is 11.8 Å². The zero-order chi connectivity index (χ0) is 24.2. The molecule has 0 aliphatic carbocycles. The Bertz CT molecular complexity index is 1300. The highest BCUT2D eigenvalue weighted by Gasteiger charge is 2.22. The molecule has 2 atom stereocenters. The van der Waals surface area contributed by atoms with Gasteiger partial charge in [0.1, 0.15) is 21.9 Å². The van der Waals surface area contributed by atoms with Gasteiger partial charge in [0.2, 0.25) is 0 Å². The first kappa shape index (κ1) is 23.5. The maximum atomic E-state index is 13.0. The fourth-order valence-electron chi connectivity index (χ4n) is 3.58. The number of amides is 2. The van der Waals surface area contributed by atoms with E-state index in [2.05, 4.69) is 30.7 Å². The maximum Gasteiger partial charge on any atom is 0.271 e. The fourth-order valence-corrected chi connectivity index (χ4v) is 4.40. The first-order chi connectivity index (χ1) is 16.3. The van der Waals surface area contributed by atoms with Crippen molar-refractivity contribution < 1.29 is 9.59 Å². The predicted molar refractivity (Wildman–Crippen MR) is 130 cm³/mol. The Balaban J connectivity index is 1.45. The number of benzene rings is 1. The van der Waals surface area contributed by atoms with Crippen molar-refractivity contribution in [1.29, 1.82) is 0 Å². The van der Waals surface area contributed by atoms with Crippen LogP contribution in [0.4, 0.5) is 0 Å². The van der Waals surface area contributed by atoms with E-state index in [4.69, 9.17) is 0 Å². The molecule has 0 aliphatic heterocycles. The number of hydrogen-bond acceptors (Lipinski definition) is 8. The summed E-state index contributed by atoms with van der Waals surface area (Å²) in [5.41, 5.74) is 1.85. The van der Waals surface area contributed by atoms with Crippen molar-refractivity contribution in [3.8, 4) is 0 Å². The number of likely N-dealkylation sites (N-methyl/N-ethyl adjacent to an activating group) is 1. The molecule has 0 bridgehead atoms. The van der Waals surface area contributed by atoms with Crippen molar-refractivity contribution in [3.05, 3.63) is 70.2 Å². The highest BCUT2D eigenvalue weighted by molar-refractivity contribution is 7.13. The summed E-state index contributed by atoms with van der Waals surface area (Å²) < 4.78 is 1.59. The Morgan fingerprint density at radius 2 is 1.82 bits per heavy atom. The van der Waals surface area contributed by atoms with Crippen molar-refractivity contribution in [3.63, 3.8) is 0 Å². The van der Waals surface area contributed by atoms with Crippen LogP contribution in [0, 0.1) is 0 Å². The third-order valence-electron chi connectivity index (χ3n) is 5.26. The van der Waals surface area contributed by atoms with E-state index in [1.165, 1.54) is 17.7 Å². The lowest BCUT2D eigenvalue weighted by Gasteiger charge is -2.22. The summed E-state index contributed by atoms with van der Waals surface area (Å²) in [5.74, 6) is -0.560. The van der Waals surface area contributed by atoms with Crippen LogP contribution in [0.5, 0.6) is 0 Å². The zero-order valence-electron chi connectivity index (χ0n) is 19.4. The molecule has 4 aromatic rings. The molecule has 0 fully saturated rings. The average Bonchev–Trinajstić information content (AvgIpc) is 3.46. The quantitative estimate of drug-likeness (QED) is 0.399. The van der Waals surface area contributed by atoms with Gasteiger partial charge in [-0.1, -0.05) is 30.3 Å². The van der Waals surface area contributed by atoms with Gasteiger partial charge in [0.05, 0.1) is 29.9 Å². The molecule has 1 aromatic carbocycles. The van der Waals surface area contributed by atoms with Crippen LogP contribution >= 0.6 is 11.3 Å². The number of carbonyl (C=O) groups excluding carboxylic acids is 2. The Kier molecular flexibility index (Phi) is 6.94. The second-order valence-corrected chi connectivity index (χ2v) is 9.25. The van der Waals surface area contributed by atoms with Gasteiger partial charge in [0.15, 0.2) is 5.65 Å². The number of nitrogens with one attached hydrogen (secondary N) is 2. The number of rotatable bonds is 8. The van der Waals surface area contributed by atoms with E-state index in [1.54, 1.807) is 24.1 Å². The van der Waals surface area contributed by atoms with Gasteiger partial charge < -0.3 is 15.5 Å². The summed E-state index contributed by atoms with van der Waals surface area (Å²) in [4.78, 5) is 41.0. The molecular formula is C23H26N8O2S. The molecule has 0 saturated carbocycles. The van der Waals surface area contributed by atoms with E-state index in [0.717, 1.165) is 5.56 Å². The van der Waals surface area contributed by atoms with Crippen molar-refractivity contribution in [2.75, 3.05) is 20.6 Å². The van der Waals surface area contributed by atoms with Crippen molar-refractivity contribution in [2.24, 2.45) is 7.05 Å². The number of carbonyl (C=O) groups is 2. The van der Waals surface area contributed by atoms with Gasteiger partial charge in [-0.25, -0.2) is 15.0 Å². The molecule has 10 nitrogen and oxygen atoms in total. The predicted octanol–water partition coefficient (Wildman–Crippen LogP) is 2.34. The summed E-state index contributed by atoms with van der Waals surface area (Å²) in [5, 5.41) is 11.3. The summed E-state index contributed by atoms with van der Waals surface area (Å²) in [7, 11) is 5.69. The number of fused-ring (bicyclic) bond motifs is 1. The molecule has 0 radical (unpaired) electrons. The second kappa shape index (κ2) is 10.1. The van der Waals surface area contributed by atoms with Crippen LogP contribution in [0.25, 0.3) is 11.0 Å². The monoisotopic (exact) mass is 478 g/mol. The third-order valence-corrected chi connectivity index (χ3v) is 6.44. The van der Waals surface area contributed by atoms with Crippen LogP contribution < -0.4 is 10.6 Å². The van der Waals surface area contributed by atoms with Gasteiger partial charge in [0, 0.05) is 13.6 Å². The Labute approximate surface area is 201 Å². The number of hydrogen-bond donors (Lipinski definition) is 2. The molecule has 3 aromatic heterocycles. The summed E-state index contributed by atoms with van der Waals surface area (Å²) in [6.07, 6.45) is 4.45. The van der Waals surface area contributed by atoms with E-state index in [9.17, 15) is 9.59 Å². The lowest BCUT2D eigenvalue weighted by Crippen LogP contribution is -2.35. The average molecular weight is 479 g/mol. The highest BCUT2D eigenvalue weighted by atomic mass is 32.1. The van der Waals surface area contributed by atoms with Crippen LogP contribution in [0.15, 0.2) is 49.1 Å². The highest BCUT2D eigenvalue weighted by Crippen LogP contribution is 2.22. The third kappa shape index (κ3) is 5.10. The summed E-state index contributed by atoms with van der Waals surface area (Å²) in [6.45, 7) is 2.48. The van der Waals surface area contributed by atoms with Gasteiger partial charge in [-0.2, -0.15) is 5.10 Å². The van der Waals surface area contributed by atoms with Crippen molar-refractivity contribution in [2.45, 2.75) is 19.0 Å². The maximum absolute atomic E-state index is 13.0. The minimum Gasteiger partial charge on any atom is -0.343 e. The molecule has 34 heavy (non-hydrogen) atoms. The molecule has 176 valence electrons. The van der Waals surface area contributed by atoms with Gasteiger partial charge in [-0.3, -0.25) is 14.3 Å². The van der Waals surface area contributed by atoms with Gasteiger partial charge >= 0.3 is 0 Å². The van der Waals surface area contributed by atoms with Crippen molar-refractivity contribution >= 4 is 34.2 Å². The molecule has 2 amide bonds. The number of nitrogens with zero attached hydrogens (tertiary/aromatic N) is 6. The fraction of sp³-hybridized carbons (Fsp3) is 0.304. The first-order valence-electron chi connectivity index (χ1n) is 10.7. The first-order valence-corrected chi connectivity index (χ1v) is 11.5. The number of aromatic nitrogens is 5. The van der Waals surface area contributed by atoms with E-state index >= 15 is 0 Å². The lowest BCUT2D eigenvalue weighted by molar-refractivity contribution is 0.0927. The minimum atomic E-state index is -0.410. The van der Waals surface area contributed by atoms with Gasteiger partial charge in [-0.15, -0.1) is 11.3 Å². The standard InChI is InChI=1S/C23H26N8O2S/c1-14(28-22(33)19-16-10-27-31(4)20(16)26-13-25-19)23-24-11-18(34-23)21(32)29-17(12-30(2)3)15-8-6-5-7-9-15/h5-11,13-14,17H,12H2,1-4H3,(H,28,33)(H,29,32). The normalized spacial score (nSPS) is 13.1. The molecule has 2 unspecified atom stereocenters. The number of aryl methyl sites for hydroxylation is 1. The largest absolute Gasteiger partial charge is 0.343 e. The molecular weight excluding hydrogens is 452 g/mol. The molecule has 0 spiro atoms. The van der Waals surface area contributed by atoms with Crippen LogP contribution in [0.2, 0.25) is 0 Å². The van der Waals surface area contributed by atoms with Gasteiger partial charge in [-0.05, 0) is 26.6 Å². The van der Waals surface area contributed by atoms with E-state index in [0.29, 0.717) is 27.5 Å². The molecule has 2 N–H and O–H groups in total. The van der Waals surface area contributed by atoms with E-state index in [1.807, 2.05) is 56.3 Å². The SMILES string of the molecule is CC(NC(=O)c1ncnc2c1cnn2C)c1ncc(C(=O)NC(CN(C)C)c2ccccc2)s1. The number of thiazole rings is 1. The molecule has 0 saturated heterocycles. The Hall–Kier alpha value is -3.70.